The number of aryl methyl sites for hydroxylation is 1. The number of urea groups is 1. The highest BCUT2D eigenvalue weighted by Crippen LogP contribution is 2.45. The summed E-state index contributed by atoms with van der Waals surface area (Å²) in [4.78, 5) is 29.2. The lowest BCUT2D eigenvalue weighted by Crippen LogP contribution is -2.38. The summed E-state index contributed by atoms with van der Waals surface area (Å²) in [6.07, 6.45) is 0. The number of benzene rings is 2. The van der Waals surface area contributed by atoms with Crippen molar-refractivity contribution >= 4 is 17.6 Å². The second kappa shape index (κ2) is 8.49. The van der Waals surface area contributed by atoms with Gasteiger partial charge in [0.25, 0.3) is 0 Å². The molecule has 31 heavy (non-hydrogen) atoms. The molecule has 0 spiro atoms. The molecule has 0 aliphatic carbocycles. The number of nitrogens with zero attached hydrogens (tertiary/aromatic N) is 2. The molecule has 0 aromatic heterocycles. The van der Waals surface area contributed by atoms with Gasteiger partial charge in [-0.3, -0.25) is 4.79 Å². The van der Waals surface area contributed by atoms with Crippen molar-refractivity contribution in [2.75, 3.05) is 39.2 Å². The van der Waals surface area contributed by atoms with Gasteiger partial charge in [-0.2, -0.15) is 0 Å². The van der Waals surface area contributed by atoms with Gasteiger partial charge in [0, 0.05) is 50.1 Å². The van der Waals surface area contributed by atoms with Crippen LogP contribution in [0, 0.1) is 18.8 Å². The topological polar surface area (TPSA) is 71.1 Å². The zero-order chi connectivity index (χ0) is 22.1. The molecule has 0 saturated carbocycles. The van der Waals surface area contributed by atoms with Gasteiger partial charge in [-0.1, -0.05) is 24.3 Å². The van der Waals surface area contributed by atoms with Gasteiger partial charge in [0.05, 0.1) is 20.3 Å². The highest BCUT2D eigenvalue weighted by molar-refractivity contribution is 5.90. The molecule has 4 rings (SSSR count). The lowest BCUT2D eigenvalue weighted by atomic mass is 9.87. The third kappa shape index (κ3) is 3.92. The first-order valence-electron chi connectivity index (χ1n) is 10.5. The minimum absolute atomic E-state index is 0.00239. The zero-order valence-electron chi connectivity index (χ0n) is 18.4. The van der Waals surface area contributed by atoms with Crippen molar-refractivity contribution < 1.29 is 19.1 Å². The molecule has 0 radical (unpaired) electrons. The minimum Gasteiger partial charge on any atom is -0.493 e. The maximum atomic E-state index is 13.0. The molecule has 1 N–H and O–H groups in total. The second-order valence-electron chi connectivity index (χ2n) is 8.30. The Bertz CT molecular complexity index is 993. The van der Waals surface area contributed by atoms with Crippen LogP contribution in [0.3, 0.4) is 0 Å². The van der Waals surface area contributed by atoms with Crippen LogP contribution >= 0.6 is 0 Å². The summed E-state index contributed by atoms with van der Waals surface area (Å²) < 4.78 is 10.6. The fourth-order valence-electron chi connectivity index (χ4n) is 4.97. The van der Waals surface area contributed by atoms with Crippen LogP contribution in [0.25, 0.3) is 0 Å². The average Bonchev–Trinajstić information content (AvgIpc) is 3.32. The standard InChI is InChI=1S/C24H29N3O4/c1-15-7-5-6-8-19(15)23-20-14-26(12-17(20)13-27(23)16(2)28)24(29)25-18-9-10-21(30-3)22(11-18)31-4/h5-11,17,20,23H,12-14H2,1-4H3,(H,25,29)/t17-,20-,23-/m1/s1. The first-order chi connectivity index (χ1) is 14.9. The first-order valence-corrected chi connectivity index (χ1v) is 10.5. The fraction of sp³-hybridized carbons (Fsp3) is 0.417. The Morgan fingerprint density at radius 1 is 1.00 bits per heavy atom. The van der Waals surface area contributed by atoms with Gasteiger partial charge in [0.1, 0.15) is 0 Å². The summed E-state index contributed by atoms with van der Waals surface area (Å²) in [5.41, 5.74) is 3.00. The van der Waals surface area contributed by atoms with E-state index in [-0.39, 0.29) is 29.8 Å². The number of hydrogen-bond donors (Lipinski definition) is 1. The van der Waals surface area contributed by atoms with E-state index in [0.717, 1.165) is 0 Å². The van der Waals surface area contributed by atoms with E-state index < -0.39 is 0 Å². The predicted octanol–water partition coefficient (Wildman–Crippen LogP) is 3.70. The van der Waals surface area contributed by atoms with Crippen LogP contribution in [0.1, 0.15) is 24.1 Å². The molecule has 3 atom stereocenters. The van der Waals surface area contributed by atoms with Crippen LogP contribution in [0.5, 0.6) is 11.5 Å². The van der Waals surface area contributed by atoms with E-state index in [9.17, 15) is 9.59 Å². The third-order valence-electron chi connectivity index (χ3n) is 6.50. The van der Waals surface area contributed by atoms with Crippen molar-refractivity contribution in [1.82, 2.24) is 9.80 Å². The largest absolute Gasteiger partial charge is 0.493 e. The number of anilines is 1. The Morgan fingerprint density at radius 3 is 2.42 bits per heavy atom. The van der Waals surface area contributed by atoms with E-state index in [0.29, 0.717) is 36.8 Å². The highest BCUT2D eigenvalue weighted by Gasteiger charge is 2.49. The normalized spacial score (nSPS) is 22.3. The molecule has 3 amide bonds. The quantitative estimate of drug-likeness (QED) is 0.814. The molecule has 7 nitrogen and oxygen atoms in total. The van der Waals surface area contributed by atoms with Crippen LogP contribution in [0.15, 0.2) is 42.5 Å². The van der Waals surface area contributed by atoms with E-state index in [2.05, 4.69) is 24.4 Å². The lowest BCUT2D eigenvalue weighted by Gasteiger charge is -2.30. The number of fused-ring (bicyclic) bond motifs is 1. The zero-order valence-corrected chi connectivity index (χ0v) is 18.4. The summed E-state index contributed by atoms with van der Waals surface area (Å²) >= 11 is 0. The van der Waals surface area contributed by atoms with Crippen molar-refractivity contribution in [3.63, 3.8) is 0 Å². The molecule has 0 unspecified atom stereocenters. The van der Waals surface area contributed by atoms with Crippen LogP contribution < -0.4 is 14.8 Å². The van der Waals surface area contributed by atoms with E-state index in [1.807, 2.05) is 21.9 Å². The van der Waals surface area contributed by atoms with Crippen LogP contribution in [0.2, 0.25) is 0 Å². The number of likely N-dealkylation sites (tertiary alicyclic amines) is 2. The Hall–Kier alpha value is -3.22. The minimum atomic E-state index is -0.139. The van der Waals surface area contributed by atoms with Crippen molar-refractivity contribution in [3.05, 3.63) is 53.6 Å². The molecule has 7 heteroatoms. The summed E-state index contributed by atoms with van der Waals surface area (Å²) in [5.74, 6) is 1.76. The first kappa shape index (κ1) is 21.0. The fourth-order valence-corrected chi connectivity index (χ4v) is 4.97. The molecule has 164 valence electrons. The molecule has 2 heterocycles. The number of methoxy groups -OCH3 is 2. The maximum Gasteiger partial charge on any atom is 0.321 e. The SMILES string of the molecule is COc1ccc(NC(=O)N2C[C@@H]3CN(C(C)=O)[C@H](c4ccccc4C)[C@@H]3C2)cc1OC. The predicted molar refractivity (Wildman–Crippen MR) is 118 cm³/mol. The molecular weight excluding hydrogens is 394 g/mol. The van der Waals surface area contributed by atoms with Gasteiger partial charge in [0.15, 0.2) is 11.5 Å². The molecular formula is C24H29N3O4. The van der Waals surface area contributed by atoms with Gasteiger partial charge in [-0.15, -0.1) is 0 Å². The van der Waals surface area contributed by atoms with Crippen molar-refractivity contribution in [3.8, 4) is 11.5 Å². The van der Waals surface area contributed by atoms with Crippen LogP contribution in [-0.2, 0) is 4.79 Å². The van der Waals surface area contributed by atoms with Crippen molar-refractivity contribution in [1.29, 1.82) is 0 Å². The number of nitrogens with one attached hydrogen (secondary N) is 1. The van der Waals surface area contributed by atoms with Gasteiger partial charge in [0.2, 0.25) is 5.91 Å². The van der Waals surface area contributed by atoms with Gasteiger partial charge in [-0.25, -0.2) is 4.79 Å². The lowest BCUT2D eigenvalue weighted by molar-refractivity contribution is -0.130. The van der Waals surface area contributed by atoms with Crippen molar-refractivity contribution in [2.45, 2.75) is 19.9 Å². The van der Waals surface area contributed by atoms with Crippen molar-refractivity contribution in [2.24, 2.45) is 11.8 Å². The Balaban J connectivity index is 1.51. The van der Waals surface area contributed by atoms with Gasteiger partial charge < -0.3 is 24.6 Å². The summed E-state index contributed by atoms with van der Waals surface area (Å²) in [6.45, 7) is 5.65. The summed E-state index contributed by atoms with van der Waals surface area (Å²) in [5, 5.41) is 2.97. The molecule has 2 aliphatic heterocycles. The number of hydrogen-bond acceptors (Lipinski definition) is 4. The number of carbonyl (C=O) groups excluding carboxylic acids is 2. The number of carbonyl (C=O) groups is 2. The summed E-state index contributed by atoms with van der Waals surface area (Å²) in [7, 11) is 3.14. The third-order valence-corrected chi connectivity index (χ3v) is 6.50. The molecule has 0 bridgehead atoms. The number of rotatable bonds is 4. The Labute approximate surface area is 182 Å². The van der Waals surface area contributed by atoms with Crippen LogP contribution in [0.4, 0.5) is 10.5 Å². The Morgan fingerprint density at radius 2 is 1.74 bits per heavy atom. The Kier molecular flexibility index (Phi) is 5.76. The van der Waals surface area contributed by atoms with E-state index in [4.69, 9.17) is 9.47 Å². The molecule has 2 aromatic carbocycles. The van der Waals surface area contributed by atoms with Gasteiger partial charge in [-0.05, 0) is 30.2 Å². The molecule has 2 aromatic rings. The second-order valence-corrected chi connectivity index (χ2v) is 8.30. The van der Waals surface area contributed by atoms with Gasteiger partial charge >= 0.3 is 6.03 Å². The smallest absolute Gasteiger partial charge is 0.321 e. The molecule has 2 fully saturated rings. The van der Waals surface area contributed by atoms with E-state index >= 15 is 0 Å². The summed E-state index contributed by atoms with van der Waals surface area (Å²) in [6, 6.07) is 13.4. The van der Waals surface area contributed by atoms with E-state index in [1.165, 1.54) is 11.1 Å². The molecule has 2 aliphatic rings. The maximum absolute atomic E-state index is 13.0. The average molecular weight is 424 g/mol. The highest BCUT2D eigenvalue weighted by atomic mass is 16.5. The number of ether oxygens (including phenoxy) is 2. The van der Waals surface area contributed by atoms with Crippen LogP contribution in [-0.4, -0.2) is 55.6 Å². The number of amides is 3. The van der Waals surface area contributed by atoms with E-state index in [1.54, 1.807) is 39.3 Å². The monoisotopic (exact) mass is 423 g/mol. The molecule has 2 saturated heterocycles.